The summed E-state index contributed by atoms with van der Waals surface area (Å²) in [4.78, 5) is 11.5. The molecule has 2 aromatic rings. The number of aliphatic carboxylic acids is 1. The zero-order valence-electron chi connectivity index (χ0n) is 16.7. The quantitative estimate of drug-likeness (QED) is 0.345. The molecule has 0 amide bonds. The lowest BCUT2D eigenvalue weighted by molar-refractivity contribution is -0.139. The first-order valence-corrected chi connectivity index (χ1v) is 12.3. The third-order valence-electron chi connectivity index (χ3n) is 4.24. The van der Waals surface area contributed by atoms with Gasteiger partial charge in [-0.3, -0.25) is 4.79 Å². The van der Waals surface area contributed by atoms with Gasteiger partial charge in [-0.05, 0) is 60.7 Å². The van der Waals surface area contributed by atoms with E-state index >= 15 is 0 Å². The molecule has 0 aromatic heterocycles. The van der Waals surface area contributed by atoms with Crippen LogP contribution in [-0.2, 0) is 17.9 Å². The van der Waals surface area contributed by atoms with E-state index in [1.807, 2.05) is 31.4 Å². The minimum atomic E-state index is -0.855. The van der Waals surface area contributed by atoms with E-state index in [1.165, 1.54) is 0 Å². The molecule has 0 aliphatic heterocycles. The molecule has 30 heavy (non-hydrogen) atoms. The summed E-state index contributed by atoms with van der Waals surface area (Å²) in [5, 5.41) is 13.5. The molecule has 9 heteroatoms. The van der Waals surface area contributed by atoms with Crippen molar-refractivity contribution in [3.05, 3.63) is 56.0 Å². The standard InChI is InChI=1S/C21H24BrCl2NO4S/c1-3-28-19-9-14(11-25-18(21(26)27)6-7-30-2)15(22)10-20(19)29-12-13-4-5-16(23)17(24)8-13/h4-5,8-10,18,25H,3,6-7,11-12H2,1-2H3,(H,26,27). The van der Waals surface area contributed by atoms with E-state index in [1.54, 1.807) is 23.9 Å². The Hall–Kier alpha value is -1.12. The van der Waals surface area contributed by atoms with Crippen LogP contribution in [0, 0.1) is 0 Å². The van der Waals surface area contributed by atoms with Gasteiger partial charge < -0.3 is 19.9 Å². The van der Waals surface area contributed by atoms with Gasteiger partial charge in [0.2, 0.25) is 0 Å². The van der Waals surface area contributed by atoms with E-state index in [9.17, 15) is 9.90 Å². The van der Waals surface area contributed by atoms with Gasteiger partial charge in [-0.25, -0.2) is 0 Å². The van der Waals surface area contributed by atoms with E-state index in [2.05, 4.69) is 21.2 Å². The molecule has 1 atom stereocenters. The zero-order chi connectivity index (χ0) is 22.1. The molecule has 5 nitrogen and oxygen atoms in total. The number of nitrogens with one attached hydrogen (secondary N) is 1. The van der Waals surface area contributed by atoms with Crippen molar-refractivity contribution in [2.45, 2.75) is 32.5 Å². The molecular weight excluding hydrogens is 513 g/mol. The largest absolute Gasteiger partial charge is 0.490 e. The summed E-state index contributed by atoms with van der Waals surface area (Å²) in [5.41, 5.74) is 1.77. The first-order chi connectivity index (χ1) is 14.3. The Morgan fingerprint density at radius 3 is 2.57 bits per heavy atom. The average Bonchev–Trinajstić information content (AvgIpc) is 2.71. The molecule has 0 fully saturated rings. The second kappa shape index (κ2) is 12.7. The predicted octanol–water partition coefficient (Wildman–Crippen LogP) is 6.03. The van der Waals surface area contributed by atoms with Crippen LogP contribution in [0.25, 0.3) is 0 Å². The monoisotopic (exact) mass is 535 g/mol. The number of carbonyl (C=O) groups is 1. The summed E-state index contributed by atoms with van der Waals surface area (Å²) in [6, 6.07) is 8.42. The van der Waals surface area contributed by atoms with Crippen LogP contribution in [0.4, 0.5) is 0 Å². The van der Waals surface area contributed by atoms with Crippen LogP contribution in [0.15, 0.2) is 34.8 Å². The Balaban J connectivity index is 2.13. The van der Waals surface area contributed by atoms with Crippen molar-refractivity contribution < 1.29 is 19.4 Å². The predicted molar refractivity (Wildman–Crippen MR) is 127 cm³/mol. The number of hydrogen-bond donors (Lipinski definition) is 2. The fraction of sp³-hybridized carbons (Fsp3) is 0.381. The Bertz CT molecular complexity index is 869. The number of benzene rings is 2. The topological polar surface area (TPSA) is 67.8 Å². The van der Waals surface area contributed by atoms with Gasteiger partial charge in [0.15, 0.2) is 11.5 Å². The molecule has 1 unspecified atom stereocenters. The Morgan fingerprint density at radius 1 is 1.20 bits per heavy atom. The third-order valence-corrected chi connectivity index (χ3v) is 6.36. The summed E-state index contributed by atoms with van der Waals surface area (Å²) in [7, 11) is 0. The van der Waals surface area contributed by atoms with Gasteiger partial charge in [-0.1, -0.05) is 45.2 Å². The summed E-state index contributed by atoms with van der Waals surface area (Å²) in [6.07, 6.45) is 2.51. The molecule has 0 bridgehead atoms. The van der Waals surface area contributed by atoms with E-state index in [4.69, 9.17) is 32.7 Å². The highest BCUT2D eigenvalue weighted by Gasteiger charge is 2.18. The van der Waals surface area contributed by atoms with Crippen molar-refractivity contribution in [3.8, 4) is 11.5 Å². The molecular formula is C21H24BrCl2NO4S. The van der Waals surface area contributed by atoms with Crippen molar-refractivity contribution in [2.75, 3.05) is 18.6 Å². The van der Waals surface area contributed by atoms with Gasteiger partial charge in [0.25, 0.3) is 0 Å². The van der Waals surface area contributed by atoms with Gasteiger partial charge in [0.05, 0.1) is 16.7 Å². The van der Waals surface area contributed by atoms with Crippen molar-refractivity contribution in [2.24, 2.45) is 0 Å². The molecule has 0 saturated heterocycles. The summed E-state index contributed by atoms with van der Waals surface area (Å²) >= 11 is 17.2. The van der Waals surface area contributed by atoms with Gasteiger partial charge in [0.1, 0.15) is 12.6 Å². The van der Waals surface area contributed by atoms with E-state index in [0.717, 1.165) is 21.4 Å². The summed E-state index contributed by atoms with van der Waals surface area (Å²) < 4.78 is 12.5. The lowest BCUT2D eigenvalue weighted by atomic mass is 10.1. The van der Waals surface area contributed by atoms with E-state index in [0.29, 0.717) is 47.7 Å². The smallest absolute Gasteiger partial charge is 0.320 e. The van der Waals surface area contributed by atoms with Crippen LogP contribution in [0.5, 0.6) is 11.5 Å². The molecule has 0 spiro atoms. The highest BCUT2D eigenvalue weighted by Crippen LogP contribution is 2.35. The molecule has 0 radical (unpaired) electrons. The maximum atomic E-state index is 11.5. The van der Waals surface area contributed by atoms with Crippen LogP contribution in [0.2, 0.25) is 10.0 Å². The fourth-order valence-electron chi connectivity index (χ4n) is 2.67. The maximum Gasteiger partial charge on any atom is 0.320 e. The van der Waals surface area contributed by atoms with Gasteiger partial charge in [0, 0.05) is 11.0 Å². The van der Waals surface area contributed by atoms with Crippen LogP contribution in [0.1, 0.15) is 24.5 Å². The first-order valence-electron chi connectivity index (χ1n) is 9.32. The van der Waals surface area contributed by atoms with Gasteiger partial charge in [-0.15, -0.1) is 0 Å². The molecule has 0 heterocycles. The van der Waals surface area contributed by atoms with Crippen molar-refractivity contribution >= 4 is 56.9 Å². The minimum Gasteiger partial charge on any atom is -0.490 e. The minimum absolute atomic E-state index is 0.302. The van der Waals surface area contributed by atoms with Crippen LogP contribution in [0.3, 0.4) is 0 Å². The molecule has 2 N–H and O–H groups in total. The van der Waals surface area contributed by atoms with Crippen molar-refractivity contribution in [3.63, 3.8) is 0 Å². The number of rotatable bonds is 12. The van der Waals surface area contributed by atoms with Crippen LogP contribution < -0.4 is 14.8 Å². The van der Waals surface area contributed by atoms with Crippen LogP contribution in [-0.4, -0.2) is 35.7 Å². The van der Waals surface area contributed by atoms with Crippen molar-refractivity contribution in [1.82, 2.24) is 5.32 Å². The second-order valence-corrected chi connectivity index (χ2v) is 9.07. The molecule has 0 aliphatic carbocycles. The number of halogens is 3. The molecule has 2 aromatic carbocycles. The van der Waals surface area contributed by atoms with E-state index < -0.39 is 12.0 Å². The average molecular weight is 537 g/mol. The van der Waals surface area contributed by atoms with Crippen LogP contribution >= 0.6 is 50.9 Å². The number of hydrogen-bond acceptors (Lipinski definition) is 5. The normalized spacial score (nSPS) is 11.9. The summed E-state index contributed by atoms with van der Waals surface area (Å²) in [6.45, 7) is 3.06. The lowest BCUT2D eigenvalue weighted by Gasteiger charge is -2.18. The third kappa shape index (κ3) is 7.54. The van der Waals surface area contributed by atoms with E-state index in [-0.39, 0.29) is 0 Å². The molecule has 0 saturated carbocycles. The number of ether oxygens (including phenoxy) is 2. The fourth-order valence-corrected chi connectivity index (χ4v) is 3.92. The Labute approximate surface area is 199 Å². The lowest BCUT2D eigenvalue weighted by Crippen LogP contribution is -2.36. The highest BCUT2D eigenvalue weighted by molar-refractivity contribution is 9.10. The maximum absolute atomic E-state index is 11.5. The molecule has 0 aliphatic rings. The molecule has 164 valence electrons. The number of carboxylic acid groups (broad SMARTS) is 1. The molecule has 2 rings (SSSR count). The highest BCUT2D eigenvalue weighted by atomic mass is 79.9. The van der Waals surface area contributed by atoms with Gasteiger partial charge >= 0.3 is 5.97 Å². The summed E-state index contributed by atoms with van der Waals surface area (Å²) in [5.74, 6) is 1.09. The zero-order valence-corrected chi connectivity index (χ0v) is 20.6. The van der Waals surface area contributed by atoms with Crippen molar-refractivity contribution in [1.29, 1.82) is 0 Å². The first kappa shape index (κ1) is 25.1. The van der Waals surface area contributed by atoms with Gasteiger partial charge in [-0.2, -0.15) is 11.8 Å². The SMILES string of the molecule is CCOc1cc(CNC(CCSC)C(=O)O)c(Br)cc1OCc1ccc(Cl)c(Cl)c1. The second-order valence-electron chi connectivity index (χ2n) is 6.41. The Kier molecular flexibility index (Phi) is 10.6. The Morgan fingerprint density at radius 2 is 1.93 bits per heavy atom. The number of carboxylic acids is 1. The number of thioether (sulfide) groups is 1.